The maximum Gasteiger partial charge on any atom is 0.341 e. The van der Waals surface area contributed by atoms with E-state index < -0.39 is 11.9 Å². The van der Waals surface area contributed by atoms with Crippen molar-refractivity contribution in [3.63, 3.8) is 0 Å². The number of rotatable bonds is 6. The van der Waals surface area contributed by atoms with Crippen molar-refractivity contribution in [1.82, 2.24) is 9.97 Å². The summed E-state index contributed by atoms with van der Waals surface area (Å²) in [5, 5.41) is 5.17. The van der Waals surface area contributed by atoms with E-state index >= 15 is 0 Å². The molecule has 0 radical (unpaired) electrons. The second-order valence-electron chi connectivity index (χ2n) is 6.48. The molecule has 2 heterocycles. The molecule has 1 aromatic carbocycles. The van der Waals surface area contributed by atoms with Crippen molar-refractivity contribution < 1.29 is 14.3 Å². The van der Waals surface area contributed by atoms with Gasteiger partial charge in [-0.15, -0.1) is 11.3 Å². The van der Waals surface area contributed by atoms with E-state index in [4.69, 9.17) is 4.74 Å². The van der Waals surface area contributed by atoms with Crippen molar-refractivity contribution >= 4 is 39.2 Å². The van der Waals surface area contributed by atoms with Crippen LogP contribution in [0.5, 0.6) is 0 Å². The summed E-state index contributed by atoms with van der Waals surface area (Å²) in [4.78, 5) is 33.7. The molecule has 140 valence electrons. The molecule has 27 heavy (non-hydrogen) atoms. The van der Waals surface area contributed by atoms with Crippen molar-refractivity contribution in [2.24, 2.45) is 5.92 Å². The van der Waals surface area contributed by atoms with E-state index in [0.29, 0.717) is 22.0 Å². The first-order chi connectivity index (χ1) is 13.0. The topological polar surface area (TPSA) is 81.2 Å². The van der Waals surface area contributed by atoms with E-state index in [0.717, 1.165) is 17.5 Å². The summed E-state index contributed by atoms with van der Waals surface area (Å²) < 4.78 is 5.18. The second kappa shape index (κ2) is 8.26. The van der Waals surface area contributed by atoms with Crippen molar-refractivity contribution in [2.75, 3.05) is 11.9 Å². The molecule has 0 unspecified atom stereocenters. The van der Waals surface area contributed by atoms with Gasteiger partial charge < -0.3 is 10.1 Å². The molecule has 6 nitrogen and oxygen atoms in total. The zero-order chi connectivity index (χ0) is 19.4. The molecule has 2 aromatic heterocycles. The fourth-order valence-electron chi connectivity index (χ4n) is 2.74. The van der Waals surface area contributed by atoms with Crippen molar-refractivity contribution in [3.8, 4) is 0 Å². The number of fused-ring (bicyclic) bond motifs is 1. The van der Waals surface area contributed by atoms with Gasteiger partial charge in [-0.1, -0.05) is 26.0 Å². The quantitative estimate of drug-likeness (QED) is 0.641. The highest BCUT2D eigenvalue weighted by atomic mass is 32.1. The van der Waals surface area contributed by atoms with Crippen molar-refractivity contribution in [3.05, 3.63) is 52.7 Å². The van der Waals surface area contributed by atoms with Crippen LogP contribution in [0.15, 0.2) is 35.8 Å². The van der Waals surface area contributed by atoms with Gasteiger partial charge in [0.1, 0.15) is 10.7 Å². The summed E-state index contributed by atoms with van der Waals surface area (Å²) in [5.41, 5.74) is 2.87. The summed E-state index contributed by atoms with van der Waals surface area (Å²) in [7, 11) is 0. The Labute approximate surface area is 161 Å². The Kier molecular flexibility index (Phi) is 5.81. The van der Waals surface area contributed by atoms with Gasteiger partial charge >= 0.3 is 5.97 Å². The number of benzene rings is 1. The number of ether oxygens (including phenoxy) is 1. The maximum atomic E-state index is 12.7. The number of nitrogens with one attached hydrogen (secondary N) is 1. The first-order valence-electron chi connectivity index (χ1n) is 8.80. The van der Waals surface area contributed by atoms with Crippen LogP contribution in [0.2, 0.25) is 0 Å². The van der Waals surface area contributed by atoms with Gasteiger partial charge in [0.25, 0.3) is 5.91 Å². The second-order valence-corrected chi connectivity index (χ2v) is 7.36. The van der Waals surface area contributed by atoms with Gasteiger partial charge in [0, 0.05) is 0 Å². The van der Waals surface area contributed by atoms with E-state index in [9.17, 15) is 9.59 Å². The largest absolute Gasteiger partial charge is 0.462 e. The lowest BCUT2D eigenvalue weighted by atomic mass is 10.0. The van der Waals surface area contributed by atoms with E-state index in [1.54, 1.807) is 13.0 Å². The minimum atomic E-state index is -0.422. The minimum absolute atomic E-state index is 0.197. The number of anilines is 1. The van der Waals surface area contributed by atoms with Crippen LogP contribution < -0.4 is 5.32 Å². The molecular formula is C20H21N3O3S. The van der Waals surface area contributed by atoms with Crippen LogP contribution >= 0.6 is 11.3 Å². The van der Waals surface area contributed by atoms with Gasteiger partial charge in [-0.2, -0.15) is 0 Å². The number of aromatic nitrogens is 2. The smallest absolute Gasteiger partial charge is 0.341 e. The summed E-state index contributed by atoms with van der Waals surface area (Å²) >= 11 is 1.32. The summed E-state index contributed by atoms with van der Waals surface area (Å²) in [6, 6.07) is 7.34. The SMILES string of the molecule is CCOC(=O)c1c(CC(C)C)csc1NC(=O)c1cnc2ccccc2n1. The first kappa shape index (κ1) is 19.0. The van der Waals surface area contributed by atoms with E-state index in [1.165, 1.54) is 17.5 Å². The summed E-state index contributed by atoms with van der Waals surface area (Å²) in [6.45, 7) is 6.19. The highest BCUT2D eigenvalue weighted by Crippen LogP contribution is 2.31. The number of thiophene rings is 1. The molecule has 0 saturated carbocycles. The molecule has 0 bridgehead atoms. The van der Waals surface area contributed by atoms with Gasteiger partial charge in [0.2, 0.25) is 0 Å². The Balaban J connectivity index is 1.90. The molecule has 0 atom stereocenters. The van der Waals surface area contributed by atoms with Crippen LogP contribution in [-0.4, -0.2) is 28.5 Å². The van der Waals surface area contributed by atoms with Crippen LogP contribution in [0.1, 0.15) is 47.2 Å². The normalized spacial score (nSPS) is 11.0. The Hall–Kier alpha value is -2.80. The molecule has 3 aromatic rings. The van der Waals surface area contributed by atoms with Crippen molar-refractivity contribution in [2.45, 2.75) is 27.2 Å². The van der Waals surface area contributed by atoms with Gasteiger partial charge in [-0.25, -0.2) is 9.78 Å². The lowest BCUT2D eigenvalue weighted by Crippen LogP contribution is -2.17. The monoisotopic (exact) mass is 383 g/mol. The zero-order valence-corrected chi connectivity index (χ0v) is 16.3. The number of hydrogen-bond acceptors (Lipinski definition) is 6. The Morgan fingerprint density at radius 3 is 2.67 bits per heavy atom. The number of hydrogen-bond donors (Lipinski definition) is 1. The molecule has 0 saturated heterocycles. The molecule has 0 aliphatic carbocycles. The molecule has 7 heteroatoms. The van der Waals surface area contributed by atoms with E-state index in [2.05, 4.69) is 29.1 Å². The van der Waals surface area contributed by atoms with Crippen LogP contribution in [0.4, 0.5) is 5.00 Å². The van der Waals surface area contributed by atoms with Gasteiger partial charge in [0.05, 0.1) is 29.4 Å². The number of esters is 1. The number of carbonyl (C=O) groups excluding carboxylic acids is 2. The fraction of sp³-hybridized carbons (Fsp3) is 0.300. The Morgan fingerprint density at radius 1 is 1.22 bits per heavy atom. The lowest BCUT2D eigenvalue weighted by Gasteiger charge is -2.09. The molecule has 0 fully saturated rings. The van der Waals surface area contributed by atoms with Crippen LogP contribution in [0.25, 0.3) is 11.0 Å². The fourth-order valence-corrected chi connectivity index (χ4v) is 3.69. The first-order valence-corrected chi connectivity index (χ1v) is 9.68. The Bertz CT molecular complexity index is 982. The molecule has 1 amide bonds. The van der Waals surface area contributed by atoms with Gasteiger partial charge in [-0.05, 0) is 42.3 Å². The minimum Gasteiger partial charge on any atom is -0.462 e. The number of para-hydroxylation sites is 2. The third-order valence-corrected chi connectivity index (χ3v) is 4.83. The average Bonchev–Trinajstić information content (AvgIpc) is 3.02. The van der Waals surface area contributed by atoms with Crippen LogP contribution in [0.3, 0.4) is 0 Å². The average molecular weight is 383 g/mol. The number of amides is 1. The highest BCUT2D eigenvalue weighted by molar-refractivity contribution is 7.15. The third kappa shape index (κ3) is 4.31. The van der Waals surface area contributed by atoms with Crippen LogP contribution in [-0.2, 0) is 11.2 Å². The summed E-state index contributed by atoms with van der Waals surface area (Å²) in [6.07, 6.45) is 2.17. The Morgan fingerprint density at radius 2 is 1.96 bits per heavy atom. The lowest BCUT2D eigenvalue weighted by molar-refractivity contribution is 0.0527. The number of carbonyl (C=O) groups is 2. The van der Waals surface area contributed by atoms with Crippen LogP contribution in [0, 0.1) is 5.92 Å². The molecule has 0 aliphatic rings. The predicted molar refractivity (Wildman–Crippen MR) is 106 cm³/mol. The third-order valence-electron chi connectivity index (χ3n) is 3.88. The van der Waals surface area contributed by atoms with Gasteiger partial charge in [-0.3, -0.25) is 9.78 Å². The molecule has 0 spiro atoms. The van der Waals surface area contributed by atoms with Crippen molar-refractivity contribution in [1.29, 1.82) is 0 Å². The predicted octanol–water partition coefficient (Wildman–Crippen LogP) is 4.32. The zero-order valence-electron chi connectivity index (χ0n) is 15.5. The van der Waals surface area contributed by atoms with E-state index in [1.807, 2.05) is 23.6 Å². The van der Waals surface area contributed by atoms with Gasteiger partial charge in [0.15, 0.2) is 0 Å². The maximum absolute atomic E-state index is 12.7. The molecule has 0 aliphatic heterocycles. The molecule has 1 N–H and O–H groups in total. The molecular weight excluding hydrogens is 362 g/mol. The molecule has 3 rings (SSSR count). The highest BCUT2D eigenvalue weighted by Gasteiger charge is 2.23. The summed E-state index contributed by atoms with van der Waals surface area (Å²) in [5.74, 6) is -0.450. The van der Waals surface area contributed by atoms with E-state index in [-0.39, 0.29) is 12.3 Å². The standard InChI is InChI=1S/C20H21N3O3S/c1-4-26-20(25)17-13(9-12(2)3)11-27-19(17)23-18(24)16-10-21-14-7-5-6-8-15(14)22-16/h5-8,10-12H,4,9H2,1-3H3,(H,23,24). The number of nitrogens with zero attached hydrogens (tertiary/aromatic N) is 2.